The van der Waals surface area contributed by atoms with E-state index < -0.39 is 23.0 Å². The topological polar surface area (TPSA) is 72.4 Å². The molecule has 2 aromatic rings. The van der Waals surface area contributed by atoms with E-state index in [0.717, 1.165) is 4.74 Å². The van der Waals surface area contributed by atoms with Crippen molar-refractivity contribution in [3.8, 4) is 11.3 Å². The van der Waals surface area contributed by atoms with E-state index in [4.69, 9.17) is 5.11 Å². The van der Waals surface area contributed by atoms with Gasteiger partial charge in [-0.2, -0.15) is 0 Å². The average Bonchev–Trinajstić information content (AvgIpc) is 2.54. The Kier molecular flexibility index (Phi) is 2.55. The number of halogens is 1. The Hall–Kier alpha value is -2.37. The molecule has 0 aliphatic heterocycles. The number of rotatable bonds is 2. The summed E-state index contributed by atoms with van der Waals surface area (Å²) in [6, 6.07) is 5.57. The summed E-state index contributed by atoms with van der Waals surface area (Å²) < 4.78 is 19.1. The third-order valence-corrected chi connectivity index (χ3v) is 2.32. The lowest BCUT2D eigenvalue weighted by Crippen LogP contribution is -2.10. The van der Waals surface area contributed by atoms with Crippen LogP contribution in [0, 0.1) is 5.82 Å². The van der Waals surface area contributed by atoms with Crippen molar-refractivity contribution in [2.24, 2.45) is 7.05 Å². The van der Waals surface area contributed by atoms with E-state index in [1.165, 1.54) is 25.2 Å². The lowest BCUT2D eigenvalue weighted by atomic mass is 10.1. The summed E-state index contributed by atoms with van der Waals surface area (Å²) in [7, 11) is 1.34. The van der Waals surface area contributed by atoms with E-state index in [-0.39, 0.29) is 11.3 Å². The van der Waals surface area contributed by atoms with Gasteiger partial charge in [-0.3, -0.25) is 0 Å². The van der Waals surface area contributed by atoms with Crippen LogP contribution in [-0.2, 0) is 7.05 Å². The van der Waals surface area contributed by atoms with Crippen LogP contribution in [0.3, 0.4) is 0 Å². The largest absolute Gasteiger partial charge is 0.477 e. The van der Waals surface area contributed by atoms with Crippen molar-refractivity contribution in [3.05, 3.63) is 46.1 Å². The van der Waals surface area contributed by atoms with Crippen LogP contribution in [-0.4, -0.2) is 15.8 Å². The zero-order valence-corrected chi connectivity index (χ0v) is 8.81. The first-order chi connectivity index (χ1) is 8.02. The van der Waals surface area contributed by atoms with Gasteiger partial charge in [-0.25, -0.2) is 18.7 Å². The van der Waals surface area contributed by atoms with E-state index in [2.05, 4.69) is 4.52 Å². The van der Waals surface area contributed by atoms with Gasteiger partial charge in [0.15, 0.2) is 5.56 Å². The Morgan fingerprint density at radius 2 is 2.06 bits per heavy atom. The molecule has 6 heteroatoms. The van der Waals surface area contributed by atoms with Gasteiger partial charge >= 0.3 is 11.6 Å². The second-order valence-electron chi connectivity index (χ2n) is 3.38. The molecule has 1 heterocycles. The van der Waals surface area contributed by atoms with Crippen LogP contribution in [0.2, 0.25) is 0 Å². The molecule has 0 bridgehead atoms. The first-order valence-electron chi connectivity index (χ1n) is 4.71. The van der Waals surface area contributed by atoms with Crippen molar-refractivity contribution in [1.82, 2.24) is 4.74 Å². The summed E-state index contributed by atoms with van der Waals surface area (Å²) in [4.78, 5) is 22.2. The fourth-order valence-electron chi connectivity index (χ4n) is 1.62. The number of hydrogen-bond donors (Lipinski definition) is 1. The molecule has 0 unspecified atom stereocenters. The number of aryl methyl sites for hydroxylation is 1. The monoisotopic (exact) mass is 237 g/mol. The SMILES string of the molecule is Cn1oc(=O)c(C(=O)O)c1-c1ccccc1F. The summed E-state index contributed by atoms with van der Waals surface area (Å²) in [5.74, 6) is -2.07. The van der Waals surface area contributed by atoms with Crippen LogP contribution in [0.25, 0.3) is 11.3 Å². The molecule has 0 atom stereocenters. The molecule has 1 N–H and O–H groups in total. The predicted molar refractivity (Wildman–Crippen MR) is 56.3 cm³/mol. The van der Waals surface area contributed by atoms with Crippen LogP contribution in [0.5, 0.6) is 0 Å². The van der Waals surface area contributed by atoms with Crippen molar-refractivity contribution >= 4 is 5.97 Å². The highest BCUT2D eigenvalue weighted by Crippen LogP contribution is 2.24. The molecule has 17 heavy (non-hydrogen) atoms. The molecule has 1 aromatic carbocycles. The number of carboxylic acids is 1. The van der Waals surface area contributed by atoms with Gasteiger partial charge < -0.3 is 9.63 Å². The van der Waals surface area contributed by atoms with Crippen molar-refractivity contribution < 1.29 is 18.8 Å². The minimum absolute atomic E-state index is 0.0123. The second kappa shape index (κ2) is 3.89. The number of aromatic nitrogens is 1. The standard InChI is InChI=1S/C11H8FNO4/c1-13-9(6-4-2-3-5-7(6)12)8(10(14)15)11(16)17-13/h2-5H,1H3,(H,14,15). The van der Waals surface area contributed by atoms with E-state index in [1.54, 1.807) is 6.07 Å². The Balaban J connectivity index is 2.80. The number of benzene rings is 1. The van der Waals surface area contributed by atoms with Gasteiger partial charge in [0, 0.05) is 12.6 Å². The Morgan fingerprint density at radius 3 is 2.65 bits per heavy atom. The van der Waals surface area contributed by atoms with Crippen molar-refractivity contribution in [2.45, 2.75) is 0 Å². The summed E-state index contributed by atoms with van der Waals surface area (Å²) >= 11 is 0. The predicted octanol–water partition coefficient (Wildman–Crippen LogP) is 1.48. The van der Waals surface area contributed by atoms with E-state index >= 15 is 0 Å². The fraction of sp³-hybridized carbons (Fsp3) is 0.0909. The quantitative estimate of drug-likeness (QED) is 0.858. The number of hydrogen-bond acceptors (Lipinski definition) is 3. The van der Waals surface area contributed by atoms with E-state index in [1.807, 2.05) is 0 Å². The molecular weight excluding hydrogens is 229 g/mol. The normalized spacial score (nSPS) is 10.5. The molecule has 0 spiro atoms. The first-order valence-corrected chi connectivity index (χ1v) is 4.71. The van der Waals surface area contributed by atoms with Crippen molar-refractivity contribution in [3.63, 3.8) is 0 Å². The molecule has 0 amide bonds. The summed E-state index contributed by atoms with van der Waals surface area (Å²) in [5, 5.41) is 8.92. The maximum absolute atomic E-state index is 13.6. The minimum Gasteiger partial charge on any atom is -0.477 e. The zero-order valence-electron chi connectivity index (χ0n) is 8.81. The zero-order chi connectivity index (χ0) is 12.6. The fourth-order valence-corrected chi connectivity index (χ4v) is 1.62. The molecule has 0 radical (unpaired) electrons. The van der Waals surface area contributed by atoms with Gasteiger partial charge in [-0.05, 0) is 12.1 Å². The van der Waals surface area contributed by atoms with Gasteiger partial charge in [-0.15, -0.1) is 0 Å². The van der Waals surface area contributed by atoms with Crippen molar-refractivity contribution in [2.75, 3.05) is 0 Å². The van der Waals surface area contributed by atoms with Gasteiger partial charge in [0.05, 0.1) is 0 Å². The molecule has 1 aromatic heterocycles. The molecule has 0 saturated heterocycles. The van der Waals surface area contributed by atoms with Gasteiger partial charge in [0.1, 0.15) is 11.5 Å². The second-order valence-corrected chi connectivity index (χ2v) is 3.38. The molecule has 0 aliphatic carbocycles. The lowest BCUT2D eigenvalue weighted by Gasteiger charge is -2.03. The van der Waals surface area contributed by atoms with E-state index in [9.17, 15) is 14.0 Å². The summed E-state index contributed by atoms with van der Waals surface area (Å²) in [6.07, 6.45) is 0. The third-order valence-electron chi connectivity index (χ3n) is 2.32. The van der Waals surface area contributed by atoms with Gasteiger partial charge in [-0.1, -0.05) is 12.1 Å². The summed E-state index contributed by atoms with van der Waals surface area (Å²) in [5.41, 5.74) is -1.64. The van der Waals surface area contributed by atoms with Crippen LogP contribution in [0.4, 0.5) is 4.39 Å². The Labute approximate surface area is 94.7 Å². The molecule has 0 fully saturated rings. The van der Waals surface area contributed by atoms with E-state index in [0.29, 0.717) is 0 Å². The number of carboxylic acid groups (broad SMARTS) is 1. The van der Waals surface area contributed by atoms with Crippen LogP contribution < -0.4 is 5.63 Å². The molecule has 0 saturated carbocycles. The lowest BCUT2D eigenvalue weighted by molar-refractivity contribution is 0.0695. The smallest absolute Gasteiger partial charge is 0.372 e. The number of aromatic carboxylic acids is 1. The minimum atomic E-state index is -1.45. The highest BCUT2D eigenvalue weighted by Gasteiger charge is 2.24. The number of carbonyl (C=O) groups is 1. The highest BCUT2D eigenvalue weighted by atomic mass is 19.1. The molecule has 2 rings (SSSR count). The van der Waals surface area contributed by atoms with Crippen LogP contribution in [0.15, 0.2) is 33.6 Å². The average molecular weight is 237 g/mol. The summed E-state index contributed by atoms with van der Waals surface area (Å²) in [6.45, 7) is 0. The maximum atomic E-state index is 13.6. The third kappa shape index (κ3) is 1.73. The Bertz CT molecular complexity index is 641. The van der Waals surface area contributed by atoms with Gasteiger partial charge in [0.2, 0.25) is 0 Å². The number of nitrogens with zero attached hydrogens (tertiary/aromatic N) is 1. The van der Waals surface area contributed by atoms with Crippen LogP contribution in [0.1, 0.15) is 10.4 Å². The maximum Gasteiger partial charge on any atom is 0.372 e. The first kappa shape index (κ1) is 11.1. The van der Waals surface area contributed by atoms with Crippen LogP contribution >= 0.6 is 0 Å². The van der Waals surface area contributed by atoms with Crippen molar-refractivity contribution in [1.29, 1.82) is 0 Å². The molecular formula is C11H8FNO4. The molecule has 5 nitrogen and oxygen atoms in total. The molecule has 88 valence electrons. The Morgan fingerprint density at radius 1 is 1.41 bits per heavy atom. The van der Waals surface area contributed by atoms with Gasteiger partial charge in [0.25, 0.3) is 0 Å². The highest BCUT2D eigenvalue weighted by molar-refractivity contribution is 5.94. The molecule has 0 aliphatic rings.